The molecule has 0 aromatic rings. The zero-order valence-electron chi connectivity index (χ0n) is 8.96. The molecule has 0 amide bonds. The van der Waals surface area contributed by atoms with Gasteiger partial charge in [-0.15, -0.1) is 0 Å². The number of hydrogen-bond acceptors (Lipinski definition) is 1. The smallest absolute Gasteiger partial charge is 0.309 e. The van der Waals surface area contributed by atoms with E-state index in [-0.39, 0.29) is 0 Å². The summed E-state index contributed by atoms with van der Waals surface area (Å²) in [4.78, 5) is 11.2. The molecule has 0 radical (unpaired) electrons. The second-order valence-corrected chi connectivity index (χ2v) is 5.41. The Morgan fingerprint density at radius 2 is 1.86 bits per heavy atom. The topological polar surface area (TPSA) is 37.3 Å². The maximum absolute atomic E-state index is 11.2. The standard InChI is InChI=1S/C12H20O2/c1-12(11(13)14)7-6-9-4-2-3-5-10(9)8-12/h9-10H,2-8H2,1H3,(H,13,14)/t9-,10+,12-/m1/s1. The lowest BCUT2D eigenvalue weighted by Crippen LogP contribution is -2.38. The van der Waals surface area contributed by atoms with E-state index >= 15 is 0 Å². The van der Waals surface area contributed by atoms with Crippen molar-refractivity contribution in [3.8, 4) is 0 Å². The Balaban J connectivity index is 2.05. The van der Waals surface area contributed by atoms with Gasteiger partial charge in [-0.25, -0.2) is 0 Å². The van der Waals surface area contributed by atoms with Crippen LogP contribution in [0.4, 0.5) is 0 Å². The number of fused-ring (bicyclic) bond motifs is 1. The van der Waals surface area contributed by atoms with Crippen LogP contribution in [0, 0.1) is 17.3 Å². The molecule has 2 aliphatic carbocycles. The highest BCUT2D eigenvalue weighted by atomic mass is 16.4. The van der Waals surface area contributed by atoms with Gasteiger partial charge in [-0.05, 0) is 38.0 Å². The van der Waals surface area contributed by atoms with Crippen LogP contribution < -0.4 is 0 Å². The van der Waals surface area contributed by atoms with E-state index in [2.05, 4.69) is 0 Å². The van der Waals surface area contributed by atoms with Crippen molar-refractivity contribution in [2.45, 2.75) is 51.9 Å². The highest BCUT2D eigenvalue weighted by Crippen LogP contribution is 2.48. The van der Waals surface area contributed by atoms with Crippen LogP contribution in [0.2, 0.25) is 0 Å². The summed E-state index contributed by atoms with van der Waals surface area (Å²) in [6.07, 6.45) is 8.26. The fourth-order valence-electron chi connectivity index (χ4n) is 3.31. The minimum Gasteiger partial charge on any atom is -0.481 e. The number of hydrogen-bond donors (Lipinski definition) is 1. The molecule has 0 aromatic carbocycles. The first-order valence-electron chi connectivity index (χ1n) is 5.85. The number of carbonyl (C=O) groups is 1. The minimum absolute atomic E-state index is 0.418. The Labute approximate surface area is 85.7 Å². The molecule has 2 saturated carbocycles. The van der Waals surface area contributed by atoms with Crippen molar-refractivity contribution < 1.29 is 9.90 Å². The second kappa shape index (κ2) is 3.56. The molecule has 0 saturated heterocycles. The molecule has 0 aromatic heterocycles. The van der Waals surface area contributed by atoms with Crippen molar-refractivity contribution in [1.29, 1.82) is 0 Å². The van der Waals surface area contributed by atoms with Gasteiger partial charge in [0.2, 0.25) is 0 Å². The molecule has 2 fully saturated rings. The summed E-state index contributed by atoms with van der Waals surface area (Å²) < 4.78 is 0. The van der Waals surface area contributed by atoms with Gasteiger partial charge in [0.25, 0.3) is 0 Å². The van der Waals surface area contributed by atoms with Gasteiger partial charge in [0.15, 0.2) is 0 Å². The van der Waals surface area contributed by atoms with E-state index in [1.165, 1.54) is 25.7 Å². The van der Waals surface area contributed by atoms with Crippen molar-refractivity contribution >= 4 is 5.97 Å². The van der Waals surface area contributed by atoms with Crippen LogP contribution in [-0.4, -0.2) is 11.1 Å². The van der Waals surface area contributed by atoms with E-state index in [9.17, 15) is 9.90 Å². The first-order valence-corrected chi connectivity index (χ1v) is 5.85. The van der Waals surface area contributed by atoms with Crippen LogP contribution in [0.5, 0.6) is 0 Å². The first-order chi connectivity index (χ1) is 6.62. The number of carboxylic acids is 1. The Morgan fingerprint density at radius 3 is 2.50 bits per heavy atom. The Bertz CT molecular complexity index is 236. The minimum atomic E-state index is -0.582. The molecule has 0 heterocycles. The van der Waals surface area contributed by atoms with Crippen molar-refractivity contribution in [2.24, 2.45) is 17.3 Å². The van der Waals surface area contributed by atoms with Gasteiger partial charge in [0.05, 0.1) is 5.41 Å². The molecular weight excluding hydrogens is 176 g/mol. The fraction of sp³-hybridized carbons (Fsp3) is 0.917. The number of aliphatic carboxylic acids is 1. The molecule has 2 nitrogen and oxygen atoms in total. The molecule has 14 heavy (non-hydrogen) atoms. The quantitative estimate of drug-likeness (QED) is 0.699. The normalized spacial score (nSPS) is 42.9. The zero-order valence-corrected chi connectivity index (χ0v) is 8.96. The summed E-state index contributed by atoms with van der Waals surface area (Å²) in [5.74, 6) is 0.969. The SMILES string of the molecule is C[C@@]1(C(=O)O)CC[C@H]2CCCC[C@H]2C1. The largest absolute Gasteiger partial charge is 0.481 e. The summed E-state index contributed by atoms with van der Waals surface area (Å²) in [5.41, 5.74) is -0.418. The van der Waals surface area contributed by atoms with Gasteiger partial charge >= 0.3 is 5.97 Å². The maximum Gasteiger partial charge on any atom is 0.309 e. The van der Waals surface area contributed by atoms with Gasteiger partial charge in [0, 0.05) is 0 Å². The fourth-order valence-corrected chi connectivity index (χ4v) is 3.31. The predicted molar refractivity (Wildman–Crippen MR) is 55.0 cm³/mol. The third-order valence-corrected chi connectivity index (χ3v) is 4.36. The second-order valence-electron chi connectivity index (χ2n) is 5.41. The third kappa shape index (κ3) is 1.67. The molecular formula is C12H20O2. The lowest BCUT2D eigenvalue weighted by molar-refractivity contribution is -0.152. The molecule has 80 valence electrons. The molecule has 0 bridgehead atoms. The van der Waals surface area contributed by atoms with Crippen LogP contribution in [0.25, 0.3) is 0 Å². The van der Waals surface area contributed by atoms with Crippen molar-refractivity contribution in [2.75, 3.05) is 0 Å². The zero-order chi connectivity index (χ0) is 10.2. The van der Waals surface area contributed by atoms with E-state index in [4.69, 9.17) is 0 Å². The monoisotopic (exact) mass is 196 g/mol. The number of carboxylic acid groups (broad SMARTS) is 1. The summed E-state index contributed by atoms with van der Waals surface area (Å²) in [6.45, 7) is 1.93. The summed E-state index contributed by atoms with van der Waals surface area (Å²) in [6, 6.07) is 0. The average Bonchev–Trinajstić information content (AvgIpc) is 2.17. The van der Waals surface area contributed by atoms with E-state index in [1.54, 1.807) is 0 Å². The van der Waals surface area contributed by atoms with Gasteiger partial charge in [0.1, 0.15) is 0 Å². The van der Waals surface area contributed by atoms with E-state index in [1.807, 2.05) is 6.92 Å². The Morgan fingerprint density at radius 1 is 1.21 bits per heavy atom. The molecule has 0 spiro atoms. The van der Waals surface area contributed by atoms with Gasteiger partial charge in [-0.2, -0.15) is 0 Å². The maximum atomic E-state index is 11.2. The van der Waals surface area contributed by atoms with Crippen LogP contribution >= 0.6 is 0 Å². The van der Waals surface area contributed by atoms with Crippen molar-refractivity contribution in [3.63, 3.8) is 0 Å². The van der Waals surface area contributed by atoms with Gasteiger partial charge in [-0.3, -0.25) is 4.79 Å². The lowest BCUT2D eigenvalue weighted by atomic mass is 9.62. The summed E-state index contributed by atoms with van der Waals surface area (Å²) in [7, 11) is 0. The Hall–Kier alpha value is -0.530. The molecule has 2 rings (SSSR count). The first kappa shape index (κ1) is 10.0. The Kier molecular flexibility index (Phi) is 2.54. The number of rotatable bonds is 1. The van der Waals surface area contributed by atoms with Crippen LogP contribution in [0.15, 0.2) is 0 Å². The molecule has 2 aliphatic rings. The highest BCUT2D eigenvalue weighted by Gasteiger charge is 2.42. The van der Waals surface area contributed by atoms with Crippen molar-refractivity contribution in [3.05, 3.63) is 0 Å². The van der Waals surface area contributed by atoms with Crippen LogP contribution in [-0.2, 0) is 4.79 Å². The molecule has 0 unspecified atom stereocenters. The lowest BCUT2D eigenvalue weighted by Gasteiger charge is -2.42. The summed E-state index contributed by atoms with van der Waals surface area (Å²) >= 11 is 0. The van der Waals surface area contributed by atoms with Crippen LogP contribution in [0.1, 0.15) is 51.9 Å². The highest BCUT2D eigenvalue weighted by molar-refractivity contribution is 5.74. The molecule has 0 aliphatic heterocycles. The average molecular weight is 196 g/mol. The van der Waals surface area contributed by atoms with E-state index in [0.717, 1.165) is 25.2 Å². The predicted octanol–water partition coefficient (Wildman–Crippen LogP) is 3.07. The van der Waals surface area contributed by atoms with Crippen LogP contribution in [0.3, 0.4) is 0 Å². The van der Waals surface area contributed by atoms with Gasteiger partial charge < -0.3 is 5.11 Å². The van der Waals surface area contributed by atoms with E-state index in [0.29, 0.717) is 5.92 Å². The molecule has 3 atom stereocenters. The van der Waals surface area contributed by atoms with E-state index < -0.39 is 11.4 Å². The summed E-state index contributed by atoms with van der Waals surface area (Å²) in [5, 5.41) is 9.19. The van der Waals surface area contributed by atoms with Crippen molar-refractivity contribution in [1.82, 2.24) is 0 Å². The third-order valence-electron chi connectivity index (χ3n) is 4.36. The molecule has 1 N–H and O–H groups in total. The van der Waals surface area contributed by atoms with Gasteiger partial charge in [-0.1, -0.05) is 25.7 Å². The molecule has 2 heteroatoms.